The molecule has 0 saturated carbocycles. The first kappa shape index (κ1) is 16.3. The van der Waals surface area contributed by atoms with Crippen LogP contribution in [-0.2, 0) is 6.42 Å². The molecule has 1 aromatic rings. The van der Waals surface area contributed by atoms with Gasteiger partial charge in [-0.05, 0) is 39.2 Å². The van der Waals surface area contributed by atoms with E-state index < -0.39 is 0 Å². The molecule has 5 heteroatoms. The normalized spacial score (nSPS) is 17.2. The zero-order valence-corrected chi connectivity index (χ0v) is 14.6. The van der Waals surface area contributed by atoms with Crippen molar-refractivity contribution in [1.29, 1.82) is 0 Å². The second kappa shape index (κ2) is 6.89. The average molecular weight is 316 g/mol. The largest absolute Gasteiger partial charge is 0.369 e. The van der Waals surface area contributed by atoms with Crippen molar-refractivity contribution in [2.75, 3.05) is 71.9 Å². The molecule has 5 nitrogen and oxygen atoms in total. The van der Waals surface area contributed by atoms with E-state index in [0.29, 0.717) is 0 Å². The topological polar surface area (TPSA) is 30.0 Å². The maximum Gasteiger partial charge on any atom is 0.256 e. The molecular weight excluding hydrogens is 288 g/mol. The van der Waals surface area contributed by atoms with Crippen molar-refractivity contribution in [2.45, 2.75) is 6.42 Å². The van der Waals surface area contributed by atoms with E-state index in [-0.39, 0.29) is 5.91 Å². The molecule has 126 valence electrons. The molecule has 0 fully saturated rings. The summed E-state index contributed by atoms with van der Waals surface area (Å²) in [6.07, 6.45) is 1.07. The SMILES string of the molecule is CN(C)CCN(C)CCN1CCN2CCc3cccc(c32)C1=O. The van der Waals surface area contributed by atoms with Crippen LogP contribution >= 0.6 is 0 Å². The summed E-state index contributed by atoms with van der Waals surface area (Å²) in [7, 11) is 6.31. The van der Waals surface area contributed by atoms with Crippen molar-refractivity contribution >= 4 is 11.6 Å². The lowest BCUT2D eigenvalue weighted by molar-refractivity contribution is 0.0750. The highest BCUT2D eigenvalue weighted by Gasteiger charge is 2.30. The van der Waals surface area contributed by atoms with Crippen LogP contribution < -0.4 is 4.90 Å². The number of anilines is 1. The van der Waals surface area contributed by atoms with E-state index in [1.807, 2.05) is 17.0 Å². The first-order valence-corrected chi connectivity index (χ1v) is 8.55. The molecule has 0 atom stereocenters. The van der Waals surface area contributed by atoms with Crippen molar-refractivity contribution in [2.24, 2.45) is 0 Å². The molecule has 2 aliphatic heterocycles. The Morgan fingerprint density at radius 2 is 1.87 bits per heavy atom. The third-order valence-electron chi connectivity index (χ3n) is 4.92. The second-order valence-electron chi connectivity index (χ2n) is 6.95. The minimum Gasteiger partial charge on any atom is -0.369 e. The Balaban J connectivity index is 1.65. The van der Waals surface area contributed by atoms with E-state index in [0.717, 1.165) is 57.8 Å². The lowest BCUT2D eigenvalue weighted by atomic mass is 10.1. The fourth-order valence-electron chi connectivity index (χ4n) is 3.43. The van der Waals surface area contributed by atoms with Gasteiger partial charge in [0, 0.05) is 45.8 Å². The molecule has 0 spiro atoms. The predicted molar refractivity (Wildman–Crippen MR) is 94.3 cm³/mol. The van der Waals surface area contributed by atoms with Gasteiger partial charge in [-0.2, -0.15) is 0 Å². The van der Waals surface area contributed by atoms with E-state index in [2.05, 4.69) is 41.9 Å². The van der Waals surface area contributed by atoms with Crippen molar-refractivity contribution in [3.05, 3.63) is 29.3 Å². The summed E-state index contributed by atoms with van der Waals surface area (Å²) in [5.41, 5.74) is 3.43. The summed E-state index contributed by atoms with van der Waals surface area (Å²) >= 11 is 0. The van der Waals surface area contributed by atoms with Crippen LogP contribution in [0.5, 0.6) is 0 Å². The number of hydrogen-bond donors (Lipinski definition) is 0. The third kappa shape index (κ3) is 3.51. The highest BCUT2D eigenvalue weighted by Crippen LogP contribution is 2.34. The van der Waals surface area contributed by atoms with Crippen LogP contribution in [0.3, 0.4) is 0 Å². The summed E-state index contributed by atoms with van der Waals surface area (Å²) in [4.78, 5) is 21.8. The number of carbonyl (C=O) groups excluding carboxylic acids is 1. The Kier molecular flexibility index (Phi) is 4.87. The fourth-order valence-corrected chi connectivity index (χ4v) is 3.43. The summed E-state index contributed by atoms with van der Waals surface area (Å²) in [5, 5.41) is 0. The van der Waals surface area contributed by atoms with Gasteiger partial charge in [0.2, 0.25) is 0 Å². The molecule has 0 aromatic heterocycles. The second-order valence-corrected chi connectivity index (χ2v) is 6.95. The Bertz CT molecular complexity index is 572. The van der Waals surface area contributed by atoms with Gasteiger partial charge in [-0.15, -0.1) is 0 Å². The molecular formula is C18H28N4O. The molecule has 0 unspecified atom stereocenters. The van der Waals surface area contributed by atoms with Gasteiger partial charge in [0.15, 0.2) is 0 Å². The summed E-state index contributed by atoms with van der Waals surface area (Å²) in [5.74, 6) is 0.201. The lowest BCUT2D eigenvalue weighted by Crippen LogP contribution is -2.40. The monoisotopic (exact) mass is 316 g/mol. The maximum absolute atomic E-state index is 12.9. The van der Waals surface area contributed by atoms with Gasteiger partial charge >= 0.3 is 0 Å². The summed E-state index contributed by atoms with van der Waals surface area (Å²) in [6.45, 7) is 6.64. The average Bonchev–Trinajstić information content (AvgIpc) is 2.89. The molecule has 0 bridgehead atoms. The minimum absolute atomic E-state index is 0.201. The van der Waals surface area contributed by atoms with Crippen LogP contribution in [0.1, 0.15) is 15.9 Å². The van der Waals surface area contributed by atoms with Crippen LogP contribution in [-0.4, -0.2) is 87.6 Å². The van der Waals surface area contributed by atoms with Gasteiger partial charge in [0.05, 0.1) is 11.3 Å². The van der Waals surface area contributed by atoms with E-state index in [9.17, 15) is 4.79 Å². The van der Waals surface area contributed by atoms with E-state index >= 15 is 0 Å². The van der Waals surface area contributed by atoms with Gasteiger partial charge in [-0.1, -0.05) is 12.1 Å². The summed E-state index contributed by atoms with van der Waals surface area (Å²) in [6, 6.07) is 6.19. The van der Waals surface area contributed by atoms with Crippen LogP contribution in [0.2, 0.25) is 0 Å². The summed E-state index contributed by atoms with van der Waals surface area (Å²) < 4.78 is 0. The fraction of sp³-hybridized carbons (Fsp3) is 0.611. The lowest BCUT2D eigenvalue weighted by Gasteiger charge is -2.25. The van der Waals surface area contributed by atoms with Crippen LogP contribution in [0, 0.1) is 0 Å². The molecule has 0 N–H and O–H groups in total. The maximum atomic E-state index is 12.9. The molecule has 1 aromatic carbocycles. The Morgan fingerprint density at radius 3 is 2.65 bits per heavy atom. The molecule has 0 radical (unpaired) electrons. The number of carbonyl (C=O) groups is 1. The van der Waals surface area contributed by atoms with E-state index in [1.54, 1.807) is 0 Å². The number of hydrogen-bond acceptors (Lipinski definition) is 4. The molecule has 1 amide bonds. The first-order valence-electron chi connectivity index (χ1n) is 8.55. The molecule has 3 rings (SSSR count). The highest BCUT2D eigenvalue weighted by atomic mass is 16.2. The molecule has 23 heavy (non-hydrogen) atoms. The standard InChI is InChI=1S/C18H28N4O/c1-19(2)9-10-20(3)11-12-22-14-13-21-8-7-15-5-4-6-16(17(15)21)18(22)23/h4-6H,7-14H2,1-3H3. The van der Waals surface area contributed by atoms with Crippen molar-refractivity contribution < 1.29 is 4.79 Å². The number of para-hydroxylation sites is 1. The van der Waals surface area contributed by atoms with Crippen LogP contribution in [0.15, 0.2) is 18.2 Å². The zero-order chi connectivity index (χ0) is 16.4. The van der Waals surface area contributed by atoms with Gasteiger partial charge < -0.3 is 19.6 Å². The number of nitrogens with zero attached hydrogens (tertiary/aromatic N) is 4. The quantitative estimate of drug-likeness (QED) is 0.783. The van der Waals surface area contributed by atoms with Crippen molar-refractivity contribution in [3.8, 4) is 0 Å². The first-order chi connectivity index (χ1) is 11.1. The zero-order valence-electron chi connectivity index (χ0n) is 14.6. The van der Waals surface area contributed by atoms with Gasteiger partial charge in [0.1, 0.15) is 0 Å². The van der Waals surface area contributed by atoms with Crippen molar-refractivity contribution in [1.82, 2.24) is 14.7 Å². The highest BCUT2D eigenvalue weighted by molar-refractivity contribution is 6.01. The van der Waals surface area contributed by atoms with Crippen LogP contribution in [0.25, 0.3) is 0 Å². The van der Waals surface area contributed by atoms with E-state index in [1.165, 1.54) is 11.3 Å². The smallest absolute Gasteiger partial charge is 0.256 e. The Labute approximate surface area is 139 Å². The minimum atomic E-state index is 0.201. The van der Waals surface area contributed by atoms with Crippen LogP contribution in [0.4, 0.5) is 5.69 Å². The Morgan fingerprint density at radius 1 is 1.04 bits per heavy atom. The van der Waals surface area contributed by atoms with E-state index in [4.69, 9.17) is 0 Å². The number of benzene rings is 1. The van der Waals surface area contributed by atoms with Crippen molar-refractivity contribution in [3.63, 3.8) is 0 Å². The molecule has 2 aliphatic rings. The Hall–Kier alpha value is -1.59. The van der Waals surface area contributed by atoms with Gasteiger partial charge in [-0.25, -0.2) is 0 Å². The molecule has 2 heterocycles. The third-order valence-corrected chi connectivity index (χ3v) is 4.92. The number of amides is 1. The number of rotatable bonds is 6. The molecule has 0 aliphatic carbocycles. The predicted octanol–water partition coefficient (Wildman–Crippen LogP) is 0.998. The van der Waals surface area contributed by atoms with Gasteiger partial charge in [-0.3, -0.25) is 4.79 Å². The number of likely N-dealkylation sites (N-methyl/N-ethyl adjacent to an activating group) is 2. The van der Waals surface area contributed by atoms with Gasteiger partial charge in [0.25, 0.3) is 5.91 Å². The molecule has 0 saturated heterocycles.